The maximum absolute atomic E-state index is 12.1. The molecule has 1 aromatic heterocycles. The predicted molar refractivity (Wildman–Crippen MR) is 93.5 cm³/mol. The lowest BCUT2D eigenvalue weighted by atomic mass is 10.2. The summed E-state index contributed by atoms with van der Waals surface area (Å²) in [6.45, 7) is 0. The Kier molecular flexibility index (Phi) is 4.45. The molecule has 2 aromatic carbocycles. The smallest absolute Gasteiger partial charge is 0.442 e. The molecule has 0 aliphatic heterocycles. The van der Waals surface area contributed by atoms with Gasteiger partial charge in [-0.1, -0.05) is 34.8 Å². The van der Waals surface area contributed by atoms with Crippen LogP contribution in [-0.4, -0.2) is 16.9 Å². The van der Waals surface area contributed by atoms with Crippen LogP contribution < -0.4 is 16.2 Å². The Hall–Kier alpha value is -2.15. The number of methoxy groups -OCH3 is 1. The van der Waals surface area contributed by atoms with Crippen LogP contribution in [0, 0.1) is 0 Å². The molecular weight excluding hydrogens is 377 g/mol. The number of halogens is 3. The number of hydrogen-bond acceptors (Lipinski definition) is 5. The summed E-state index contributed by atoms with van der Waals surface area (Å²) in [4.78, 5) is 12.1. The molecule has 6 nitrogen and oxygen atoms in total. The van der Waals surface area contributed by atoms with Crippen molar-refractivity contribution in [1.29, 1.82) is 0 Å². The number of benzene rings is 2. The fraction of sp³-hybridized carbons (Fsp3) is 0.0667. The topological polar surface area (TPSA) is 83.3 Å². The maximum atomic E-state index is 12.1. The van der Waals surface area contributed by atoms with Crippen LogP contribution in [0.2, 0.25) is 15.1 Å². The zero-order valence-corrected chi connectivity index (χ0v) is 14.5. The molecule has 0 radical (unpaired) electrons. The number of anilines is 1. The Morgan fingerprint density at radius 3 is 2.54 bits per heavy atom. The number of hydrogen-bond donors (Lipinski definition) is 1. The van der Waals surface area contributed by atoms with Crippen molar-refractivity contribution in [3.05, 3.63) is 56.0 Å². The molecule has 0 aliphatic rings. The molecule has 0 saturated carbocycles. The third kappa shape index (κ3) is 2.96. The first-order valence-electron chi connectivity index (χ1n) is 6.59. The highest BCUT2D eigenvalue weighted by atomic mass is 35.5. The van der Waals surface area contributed by atoms with Gasteiger partial charge in [-0.25, -0.2) is 4.79 Å². The molecule has 9 heteroatoms. The van der Waals surface area contributed by atoms with Crippen molar-refractivity contribution >= 4 is 40.5 Å². The maximum Gasteiger partial charge on any atom is 0.442 e. The predicted octanol–water partition coefficient (Wildman–Crippen LogP) is 4.04. The van der Waals surface area contributed by atoms with E-state index in [1.165, 1.54) is 25.3 Å². The van der Waals surface area contributed by atoms with Gasteiger partial charge in [-0.2, -0.15) is 4.68 Å². The van der Waals surface area contributed by atoms with E-state index in [2.05, 4.69) is 5.10 Å². The molecule has 0 spiro atoms. The van der Waals surface area contributed by atoms with E-state index in [1.807, 2.05) is 0 Å². The zero-order valence-electron chi connectivity index (χ0n) is 12.2. The molecule has 3 rings (SSSR count). The summed E-state index contributed by atoms with van der Waals surface area (Å²) in [5.41, 5.74) is 6.88. The van der Waals surface area contributed by atoms with Crippen LogP contribution in [0.5, 0.6) is 5.75 Å². The fourth-order valence-electron chi connectivity index (χ4n) is 2.07. The van der Waals surface area contributed by atoms with Gasteiger partial charge in [-0.05, 0) is 24.3 Å². The number of ether oxygens (including phenoxy) is 1. The van der Waals surface area contributed by atoms with Gasteiger partial charge < -0.3 is 14.9 Å². The molecule has 0 bridgehead atoms. The van der Waals surface area contributed by atoms with Crippen molar-refractivity contribution in [3.63, 3.8) is 0 Å². The third-order valence-electron chi connectivity index (χ3n) is 3.24. The second-order valence-corrected chi connectivity index (χ2v) is 5.98. The highest BCUT2D eigenvalue weighted by molar-refractivity contribution is 6.42. The molecule has 1 heterocycles. The van der Waals surface area contributed by atoms with Crippen LogP contribution in [0.4, 0.5) is 5.69 Å². The highest BCUT2D eigenvalue weighted by Gasteiger charge is 2.18. The van der Waals surface area contributed by atoms with E-state index in [0.29, 0.717) is 32.7 Å². The van der Waals surface area contributed by atoms with Gasteiger partial charge in [-0.15, -0.1) is 5.10 Å². The van der Waals surface area contributed by atoms with Crippen LogP contribution in [0.25, 0.3) is 17.1 Å². The Balaban J connectivity index is 2.14. The lowest BCUT2D eigenvalue weighted by molar-refractivity contribution is 0.414. The quantitative estimate of drug-likeness (QED) is 0.687. The van der Waals surface area contributed by atoms with Crippen molar-refractivity contribution in [2.45, 2.75) is 0 Å². The summed E-state index contributed by atoms with van der Waals surface area (Å²) in [5.74, 6) is -0.289. The van der Waals surface area contributed by atoms with Gasteiger partial charge in [0.05, 0.1) is 39.1 Å². The molecule has 0 saturated heterocycles. The molecule has 3 aromatic rings. The minimum atomic E-state index is -0.696. The van der Waals surface area contributed by atoms with Gasteiger partial charge >= 0.3 is 5.76 Å². The summed E-state index contributed by atoms with van der Waals surface area (Å²) in [6, 6.07) is 7.69. The summed E-state index contributed by atoms with van der Waals surface area (Å²) in [7, 11) is 1.46. The summed E-state index contributed by atoms with van der Waals surface area (Å²) in [5, 5.41) is 5.10. The van der Waals surface area contributed by atoms with E-state index in [1.54, 1.807) is 12.1 Å². The van der Waals surface area contributed by atoms with Crippen molar-refractivity contribution in [1.82, 2.24) is 9.78 Å². The van der Waals surface area contributed by atoms with Gasteiger partial charge in [0.2, 0.25) is 0 Å². The largest absolute Gasteiger partial charge is 0.496 e. The molecule has 24 heavy (non-hydrogen) atoms. The Morgan fingerprint density at radius 1 is 1.12 bits per heavy atom. The average Bonchev–Trinajstić information content (AvgIpc) is 2.94. The minimum Gasteiger partial charge on any atom is -0.496 e. The first-order chi connectivity index (χ1) is 11.4. The highest BCUT2D eigenvalue weighted by Crippen LogP contribution is 2.35. The van der Waals surface area contributed by atoms with Crippen molar-refractivity contribution in [2.24, 2.45) is 0 Å². The van der Waals surface area contributed by atoms with Crippen LogP contribution >= 0.6 is 34.8 Å². The van der Waals surface area contributed by atoms with Gasteiger partial charge in [-0.3, -0.25) is 0 Å². The van der Waals surface area contributed by atoms with Crippen LogP contribution in [0.3, 0.4) is 0 Å². The molecule has 0 amide bonds. The number of nitrogens with zero attached hydrogens (tertiary/aromatic N) is 2. The van der Waals surface area contributed by atoms with E-state index in [9.17, 15) is 4.79 Å². The van der Waals surface area contributed by atoms with Gasteiger partial charge in [0.1, 0.15) is 5.75 Å². The van der Waals surface area contributed by atoms with E-state index in [4.69, 9.17) is 49.7 Å². The number of nitrogen functional groups attached to an aromatic ring is 1. The average molecular weight is 387 g/mol. The van der Waals surface area contributed by atoms with Crippen LogP contribution in [0.15, 0.2) is 39.5 Å². The number of nitrogens with two attached hydrogens (primary N) is 1. The molecule has 0 fully saturated rings. The van der Waals surface area contributed by atoms with Crippen molar-refractivity contribution in [2.75, 3.05) is 12.8 Å². The van der Waals surface area contributed by atoms with Crippen molar-refractivity contribution in [3.8, 4) is 22.9 Å². The van der Waals surface area contributed by atoms with E-state index >= 15 is 0 Å². The minimum absolute atomic E-state index is 0.0322. The number of rotatable bonds is 3. The summed E-state index contributed by atoms with van der Waals surface area (Å²) >= 11 is 17.9. The standard InChI is InChI=1S/C15H10Cl3N3O3/c1-23-13-6-12(19)11(18)5-8(13)14-20-21(15(22)24-14)7-2-3-9(16)10(17)4-7/h2-6H,19H2,1H3. The molecule has 124 valence electrons. The van der Waals surface area contributed by atoms with E-state index < -0.39 is 5.76 Å². The first kappa shape index (κ1) is 16.7. The third-order valence-corrected chi connectivity index (χ3v) is 4.31. The van der Waals surface area contributed by atoms with Gasteiger partial charge in [0.25, 0.3) is 5.89 Å². The lowest BCUT2D eigenvalue weighted by Crippen LogP contribution is -2.13. The number of aromatic nitrogens is 2. The molecular formula is C15H10Cl3N3O3. The zero-order chi connectivity index (χ0) is 17.4. The first-order valence-corrected chi connectivity index (χ1v) is 7.73. The van der Waals surface area contributed by atoms with Gasteiger partial charge in [0.15, 0.2) is 0 Å². The molecule has 0 atom stereocenters. The monoisotopic (exact) mass is 385 g/mol. The second kappa shape index (κ2) is 6.39. The molecule has 2 N–H and O–H groups in total. The van der Waals surface area contributed by atoms with Crippen molar-refractivity contribution < 1.29 is 9.15 Å². The molecule has 0 aliphatic carbocycles. The molecule has 0 unspecified atom stereocenters. The van der Waals surface area contributed by atoms with Crippen LogP contribution in [-0.2, 0) is 0 Å². The van der Waals surface area contributed by atoms with E-state index in [0.717, 1.165) is 4.68 Å². The normalized spacial score (nSPS) is 10.8. The Morgan fingerprint density at radius 2 is 1.88 bits per heavy atom. The van der Waals surface area contributed by atoms with Crippen LogP contribution in [0.1, 0.15) is 0 Å². The van der Waals surface area contributed by atoms with E-state index in [-0.39, 0.29) is 10.9 Å². The Labute approximate surface area is 151 Å². The lowest BCUT2D eigenvalue weighted by Gasteiger charge is -2.07. The SMILES string of the molecule is COc1cc(N)c(Cl)cc1-c1nn(-c2ccc(Cl)c(Cl)c2)c(=O)o1. The second-order valence-electron chi connectivity index (χ2n) is 4.76. The summed E-state index contributed by atoms with van der Waals surface area (Å²) < 4.78 is 11.5. The fourth-order valence-corrected chi connectivity index (χ4v) is 2.53. The van der Waals surface area contributed by atoms with Gasteiger partial charge in [0, 0.05) is 6.07 Å². The Bertz CT molecular complexity index is 982. The summed E-state index contributed by atoms with van der Waals surface area (Å²) in [6.07, 6.45) is 0.